The first-order chi connectivity index (χ1) is 13.8. The second kappa shape index (κ2) is 9.38. The Morgan fingerprint density at radius 3 is 2.66 bits per heavy atom. The molecule has 0 N–H and O–H groups in total. The van der Waals surface area contributed by atoms with Crippen molar-refractivity contribution in [3.05, 3.63) is 66.2 Å². The van der Waals surface area contributed by atoms with Crippen LogP contribution in [0.25, 0.3) is 10.9 Å². The zero-order valence-corrected chi connectivity index (χ0v) is 20.6. The molecular weight excluding hydrogens is 545 g/mol. The zero-order chi connectivity index (χ0) is 21.1. The Bertz CT molecular complexity index is 1120. The van der Waals surface area contributed by atoms with E-state index in [0.717, 1.165) is 25.8 Å². The molecule has 0 spiro atoms. The summed E-state index contributed by atoms with van der Waals surface area (Å²) in [4.78, 5) is 17.9. The average Bonchev–Trinajstić information content (AvgIpc) is 2.68. The summed E-state index contributed by atoms with van der Waals surface area (Å²) >= 11 is 5.68. The Hall–Kier alpha value is -1.74. The van der Waals surface area contributed by atoms with Crippen molar-refractivity contribution >= 4 is 55.6 Å². The molecule has 0 saturated heterocycles. The number of halogens is 2. The summed E-state index contributed by atoms with van der Waals surface area (Å²) in [5.74, 6) is 1.61. The van der Waals surface area contributed by atoms with Crippen LogP contribution in [0.15, 0.2) is 50.8 Å². The number of nitrogens with zero attached hydrogens (tertiary/aromatic N) is 3. The molecule has 0 unspecified atom stereocenters. The lowest BCUT2D eigenvalue weighted by Gasteiger charge is -2.14. The van der Waals surface area contributed by atoms with Crippen LogP contribution < -0.4 is 10.3 Å². The number of hydrogen-bond donors (Lipinski definition) is 0. The van der Waals surface area contributed by atoms with Crippen LogP contribution in [0, 0.1) is 3.57 Å². The average molecular weight is 568 g/mol. The standard InChI is InChI=1S/C22H23BrIN3O2/c1-5-14(4)21-26-19-8-7-16(23)11-17(19)22(28)27(21)25-12-15-6-9-20(18(24)10-15)29-13(2)3/h6-14H,5H2,1-4H3/t14-/m1/s1. The summed E-state index contributed by atoms with van der Waals surface area (Å²) in [5.41, 5.74) is 1.41. The van der Waals surface area contributed by atoms with Crippen LogP contribution >= 0.6 is 38.5 Å². The van der Waals surface area contributed by atoms with E-state index in [-0.39, 0.29) is 17.6 Å². The van der Waals surface area contributed by atoms with Crippen molar-refractivity contribution in [3.63, 3.8) is 0 Å². The van der Waals surface area contributed by atoms with Crippen LogP contribution in [0.5, 0.6) is 5.75 Å². The van der Waals surface area contributed by atoms with Crippen LogP contribution in [0.3, 0.4) is 0 Å². The Labute approximate surface area is 192 Å². The minimum absolute atomic E-state index is 0.106. The van der Waals surface area contributed by atoms with Gasteiger partial charge in [0.2, 0.25) is 0 Å². The molecule has 0 bridgehead atoms. The van der Waals surface area contributed by atoms with Gasteiger partial charge in [0.05, 0.1) is 26.8 Å². The summed E-state index contributed by atoms with van der Waals surface area (Å²) in [7, 11) is 0. The van der Waals surface area contributed by atoms with Gasteiger partial charge in [-0.25, -0.2) is 4.98 Å². The van der Waals surface area contributed by atoms with Crippen molar-refractivity contribution in [3.8, 4) is 5.75 Å². The lowest BCUT2D eigenvalue weighted by Crippen LogP contribution is -2.23. The van der Waals surface area contributed by atoms with Gasteiger partial charge in [-0.1, -0.05) is 29.8 Å². The first-order valence-electron chi connectivity index (χ1n) is 9.53. The van der Waals surface area contributed by atoms with Crippen molar-refractivity contribution in [2.24, 2.45) is 5.10 Å². The van der Waals surface area contributed by atoms with Gasteiger partial charge >= 0.3 is 0 Å². The molecule has 0 saturated carbocycles. The summed E-state index contributed by atoms with van der Waals surface area (Å²) in [6.45, 7) is 8.13. The molecule has 0 aliphatic carbocycles. The van der Waals surface area contributed by atoms with Gasteiger partial charge in [-0.3, -0.25) is 4.79 Å². The molecule has 3 rings (SSSR count). The molecule has 1 heterocycles. The monoisotopic (exact) mass is 567 g/mol. The quantitative estimate of drug-likeness (QED) is 0.273. The van der Waals surface area contributed by atoms with E-state index in [1.807, 2.05) is 44.2 Å². The summed E-state index contributed by atoms with van der Waals surface area (Å²) in [5, 5.41) is 5.05. The van der Waals surface area contributed by atoms with Crippen molar-refractivity contribution in [2.45, 2.75) is 46.1 Å². The highest BCUT2D eigenvalue weighted by Crippen LogP contribution is 2.23. The highest BCUT2D eigenvalue weighted by molar-refractivity contribution is 14.1. The molecule has 5 nitrogen and oxygen atoms in total. The molecule has 0 radical (unpaired) electrons. The minimum atomic E-state index is -0.169. The summed E-state index contributed by atoms with van der Waals surface area (Å²) < 4.78 is 9.04. The molecule has 0 aliphatic rings. The predicted molar refractivity (Wildman–Crippen MR) is 130 cm³/mol. The van der Waals surface area contributed by atoms with Crippen molar-refractivity contribution in [1.82, 2.24) is 9.66 Å². The fourth-order valence-corrected chi connectivity index (χ4v) is 3.88. The molecule has 0 amide bonds. The largest absolute Gasteiger partial charge is 0.490 e. The van der Waals surface area contributed by atoms with Crippen LogP contribution in [-0.4, -0.2) is 22.0 Å². The van der Waals surface area contributed by atoms with Gasteiger partial charge in [0.1, 0.15) is 11.6 Å². The second-order valence-electron chi connectivity index (χ2n) is 7.16. The third-order valence-electron chi connectivity index (χ3n) is 4.53. The van der Waals surface area contributed by atoms with Gasteiger partial charge < -0.3 is 4.74 Å². The lowest BCUT2D eigenvalue weighted by atomic mass is 10.1. The topological polar surface area (TPSA) is 56.5 Å². The lowest BCUT2D eigenvalue weighted by molar-refractivity contribution is 0.240. The maximum Gasteiger partial charge on any atom is 0.282 e. The number of hydrogen-bond acceptors (Lipinski definition) is 4. The van der Waals surface area contributed by atoms with E-state index in [4.69, 9.17) is 9.72 Å². The van der Waals surface area contributed by atoms with Gasteiger partial charge in [0, 0.05) is 10.4 Å². The smallest absolute Gasteiger partial charge is 0.282 e. The molecule has 2 aromatic carbocycles. The normalized spacial score (nSPS) is 12.8. The number of rotatable bonds is 6. The minimum Gasteiger partial charge on any atom is -0.490 e. The number of ether oxygens (including phenoxy) is 1. The second-order valence-corrected chi connectivity index (χ2v) is 9.24. The Balaban J connectivity index is 2.07. The van der Waals surface area contributed by atoms with Gasteiger partial charge in [0.25, 0.3) is 5.56 Å². The Kier molecular flexibility index (Phi) is 7.10. The predicted octanol–water partition coefficient (Wildman–Crippen LogP) is 5.95. The van der Waals surface area contributed by atoms with E-state index >= 15 is 0 Å². The molecule has 1 atom stereocenters. The maximum absolute atomic E-state index is 13.2. The summed E-state index contributed by atoms with van der Waals surface area (Å²) in [6.07, 6.45) is 2.67. The highest BCUT2D eigenvalue weighted by atomic mass is 127. The van der Waals surface area contributed by atoms with Gasteiger partial charge in [-0.05, 0) is 84.8 Å². The van der Waals surface area contributed by atoms with Crippen LogP contribution in [0.2, 0.25) is 0 Å². The Morgan fingerprint density at radius 1 is 1.24 bits per heavy atom. The molecule has 0 fully saturated rings. The van der Waals surface area contributed by atoms with E-state index in [2.05, 4.69) is 57.5 Å². The van der Waals surface area contributed by atoms with Crippen LogP contribution in [0.4, 0.5) is 0 Å². The number of fused-ring (bicyclic) bond motifs is 1. The van der Waals surface area contributed by atoms with Crippen molar-refractivity contribution in [1.29, 1.82) is 0 Å². The van der Waals surface area contributed by atoms with Gasteiger partial charge in [-0.2, -0.15) is 9.78 Å². The van der Waals surface area contributed by atoms with E-state index < -0.39 is 0 Å². The van der Waals surface area contributed by atoms with E-state index in [1.165, 1.54) is 4.68 Å². The van der Waals surface area contributed by atoms with E-state index in [1.54, 1.807) is 12.3 Å². The fraction of sp³-hybridized carbons (Fsp3) is 0.318. The molecule has 0 aliphatic heterocycles. The number of aromatic nitrogens is 2. The molecule has 1 aromatic heterocycles. The van der Waals surface area contributed by atoms with Crippen LogP contribution in [0.1, 0.15) is 51.4 Å². The molecule has 3 aromatic rings. The third-order valence-corrected chi connectivity index (χ3v) is 5.86. The molecule has 29 heavy (non-hydrogen) atoms. The highest BCUT2D eigenvalue weighted by Gasteiger charge is 2.15. The Morgan fingerprint density at radius 2 is 2.00 bits per heavy atom. The van der Waals surface area contributed by atoms with E-state index in [9.17, 15) is 4.79 Å². The molecule has 7 heteroatoms. The van der Waals surface area contributed by atoms with Crippen molar-refractivity contribution < 1.29 is 4.74 Å². The van der Waals surface area contributed by atoms with Gasteiger partial charge in [-0.15, -0.1) is 0 Å². The molecule has 152 valence electrons. The SMILES string of the molecule is CC[C@@H](C)c1nc2ccc(Br)cc2c(=O)n1N=Cc1ccc(OC(C)C)c(I)c1. The first-order valence-corrected chi connectivity index (χ1v) is 11.4. The summed E-state index contributed by atoms with van der Waals surface area (Å²) in [6, 6.07) is 11.4. The van der Waals surface area contributed by atoms with E-state index in [0.29, 0.717) is 16.7 Å². The van der Waals surface area contributed by atoms with Crippen molar-refractivity contribution in [2.75, 3.05) is 0 Å². The first kappa shape index (κ1) is 22.0. The third kappa shape index (κ3) is 5.06. The molecular formula is C22H23BrIN3O2. The van der Waals surface area contributed by atoms with Crippen LogP contribution in [-0.2, 0) is 0 Å². The fourth-order valence-electron chi connectivity index (χ4n) is 2.85. The van der Waals surface area contributed by atoms with Gasteiger partial charge in [0.15, 0.2) is 0 Å². The number of benzene rings is 2. The zero-order valence-electron chi connectivity index (χ0n) is 16.8. The maximum atomic E-state index is 13.2.